The van der Waals surface area contributed by atoms with Crippen molar-refractivity contribution < 1.29 is 18.4 Å². The van der Waals surface area contributed by atoms with Crippen LogP contribution in [0.15, 0.2) is 42.5 Å². The molecule has 0 radical (unpaired) electrons. The lowest BCUT2D eigenvalue weighted by atomic mass is 10.2. The highest BCUT2D eigenvalue weighted by Crippen LogP contribution is 2.14. The fourth-order valence-electron chi connectivity index (χ4n) is 1.85. The second-order valence-electron chi connectivity index (χ2n) is 4.85. The molecule has 2 aromatic carbocycles. The van der Waals surface area contributed by atoms with Crippen molar-refractivity contribution in [3.63, 3.8) is 0 Å². The lowest BCUT2D eigenvalue weighted by molar-refractivity contribution is -0.115. The van der Waals surface area contributed by atoms with Gasteiger partial charge in [-0.25, -0.2) is 13.6 Å². The van der Waals surface area contributed by atoms with E-state index in [-0.39, 0.29) is 12.2 Å². The van der Waals surface area contributed by atoms with Crippen molar-refractivity contribution in [3.8, 4) is 0 Å². The van der Waals surface area contributed by atoms with Gasteiger partial charge in [-0.15, -0.1) is 0 Å². The van der Waals surface area contributed by atoms with E-state index in [0.29, 0.717) is 11.8 Å². The first-order chi connectivity index (χ1) is 10.9. The van der Waals surface area contributed by atoms with E-state index in [9.17, 15) is 18.4 Å². The highest BCUT2D eigenvalue weighted by molar-refractivity contribution is 5.97. The highest BCUT2D eigenvalue weighted by atomic mass is 19.1. The third-order valence-electron chi connectivity index (χ3n) is 2.89. The zero-order valence-corrected chi connectivity index (χ0v) is 12.3. The van der Waals surface area contributed by atoms with Gasteiger partial charge in [0.25, 0.3) is 0 Å². The number of benzene rings is 2. The van der Waals surface area contributed by atoms with Gasteiger partial charge < -0.3 is 16.0 Å². The van der Waals surface area contributed by atoms with Crippen LogP contribution in [0.5, 0.6) is 0 Å². The smallest absolute Gasteiger partial charge is 0.319 e. The highest BCUT2D eigenvalue weighted by Gasteiger charge is 2.09. The normalized spacial score (nSPS) is 10.0. The molecule has 0 bridgehead atoms. The van der Waals surface area contributed by atoms with Crippen LogP contribution in [0.2, 0.25) is 0 Å². The van der Waals surface area contributed by atoms with Crippen LogP contribution in [0, 0.1) is 18.6 Å². The van der Waals surface area contributed by atoms with Crippen molar-refractivity contribution in [1.29, 1.82) is 0 Å². The summed E-state index contributed by atoms with van der Waals surface area (Å²) in [6, 6.07) is 9.18. The molecular formula is C16H15F2N3O2. The number of hydrogen-bond acceptors (Lipinski definition) is 2. The number of carbonyl (C=O) groups excluding carboxylic acids is 2. The first-order valence-electron chi connectivity index (χ1n) is 6.80. The second kappa shape index (κ2) is 7.35. The van der Waals surface area contributed by atoms with Crippen LogP contribution in [0.1, 0.15) is 5.56 Å². The van der Waals surface area contributed by atoms with Crippen LogP contribution in [-0.4, -0.2) is 18.5 Å². The molecule has 3 amide bonds. The van der Waals surface area contributed by atoms with Crippen molar-refractivity contribution in [2.24, 2.45) is 0 Å². The average Bonchev–Trinajstić information content (AvgIpc) is 2.48. The number of nitrogens with one attached hydrogen (secondary N) is 3. The zero-order chi connectivity index (χ0) is 16.8. The molecule has 0 atom stereocenters. The fourth-order valence-corrected chi connectivity index (χ4v) is 1.85. The number of urea groups is 1. The van der Waals surface area contributed by atoms with E-state index >= 15 is 0 Å². The molecule has 0 aliphatic heterocycles. The molecule has 0 saturated carbocycles. The summed E-state index contributed by atoms with van der Waals surface area (Å²) >= 11 is 0. The number of hydrogen-bond donors (Lipinski definition) is 3. The van der Waals surface area contributed by atoms with Crippen molar-refractivity contribution in [1.82, 2.24) is 5.32 Å². The number of amides is 3. The number of carbonyl (C=O) groups is 2. The Hall–Kier alpha value is -2.96. The van der Waals surface area contributed by atoms with E-state index in [0.717, 1.165) is 17.7 Å². The van der Waals surface area contributed by atoms with Crippen LogP contribution in [0.25, 0.3) is 0 Å². The molecule has 2 rings (SSSR count). The molecule has 0 aromatic heterocycles. The quantitative estimate of drug-likeness (QED) is 0.810. The third-order valence-corrected chi connectivity index (χ3v) is 2.89. The minimum atomic E-state index is -0.899. The molecule has 2 aromatic rings. The maximum atomic E-state index is 13.4. The third kappa shape index (κ3) is 5.06. The van der Waals surface area contributed by atoms with Gasteiger partial charge in [0, 0.05) is 11.8 Å². The Labute approximate surface area is 131 Å². The lowest BCUT2D eigenvalue weighted by Crippen LogP contribution is -2.36. The Morgan fingerprint density at radius 1 is 1.04 bits per heavy atom. The van der Waals surface area contributed by atoms with Gasteiger partial charge >= 0.3 is 6.03 Å². The minimum absolute atomic E-state index is 0.178. The monoisotopic (exact) mass is 319 g/mol. The first kappa shape index (κ1) is 16.4. The number of aryl methyl sites for hydroxylation is 1. The molecule has 0 saturated heterocycles. The Morgan fingerprint density at radius 3 is 2.52 bits per heavy atom. The number of halogens is 2. The molecule has 0 aliphatic carbocycles. The lowest BCUT2D eigenvalue weighted by Gasteiger charge is -2.09. The molecular weight excluding hydrogens is 304 g/mol. The van der Waals surface area contributed by atoms with Gasteiger partial charge in [-0.1, -0.05) is 12.1 Å². The van der Waals surface area contributed by atoms with E-state index < -0.39 is 23.6 Å². The van der Waals surface area contributed by atoms with E-state index in [2.05, 4.69) is 16.0 Å². The zero-order valence-electron chi connectivity index (χ0n) is 12.3. The van der Waals surface area contributed by atoms with E-state index in [1.165, 1.54) is 0 Å². The van der Waals surface area contributed by atoms with Gasteiger partial charge in [0.05, 0.1) is 12.2 Å². The van der Waals surface area contributed by atoms with Gasteiger partial charge in [-0.2, -0.15) is 0 Å². The molecule has 0 aliphatic rings. The minimum Gasteiger partial charge on any atom is -0.329 e. The van der Waals surface area contributed by atoms with Gasteiger partial charge in [0.1, 0.15) is 11.6 Å². The largest absolute Gasteiger partial charge is 0.329 e. The Morgan fingerprint density at radius 2 is 1.83 bits per heavy atom. The standard InChI is InChI=1S/C16H15F2N3O2/c1-10-3-2-4-12(7-10)20-15(22)9-19-16(23)21-14-6-5-11(17)8-13(14)18/h2-8H,9H2,1H3,(H,20,22)(H2,19,21,23). The van der Waals surface area contributed by atoms with Gasteiger partial charge in [0.2, 0.25) is 5.91 Å². The van der Waals surface area contributed by atoms with Crippen LogP contribution >= 0.6 is 0 Å². The summed E-state index contributed by atoms with van der Waals surface area (Å²) in [4.78, 5) is 23.3. The van der Waals surface area contributed by atoms with Crippen molar-refractivity contribution in [2.45, 2.75) is 6.92 Å². The summed E-state index contributed by atoms with van der Waals surface area (Å²) < 4.78 is 26.1. The second-order valence-corrected chi connectivity index (χ2v) is 4.85. The van der Waals surface area contributed by atoms with Crippen molar-refractivity contribution in [2.75, 3.05) is 17.2 Å². The molecule has 0 spiro atoms. The molecule has 0 fully saturated rings. The van der Waals surface area contributed by atoms with E-state index in [1.54, 1.807) is 18.2 Å². The summed E-state index contributed by atoms with van der Waals surface area (Å²) in [5, 5.41) is 7.09. The van der Waals surface area contributed by atoms with Crippen LogP contribution in [0.4, 0.5) is 25.0 Å². The summed E-state index contributed by atoms with van der Waals surface area (Å²) in [5.74, 6) is -2.07. The fraction of sp³-hybridized carbons (Fsp3) is 0.125. The maximum Gasteiger partial charge on any atom is 0.319 e. The van der Waals surface area contributed by atoms with Crippen molar-refractivity contribution >= 4 is 23.3 Å². The van der Waals surface area contributed by atoms with Gasteiger partial charge in [-0.3, -0.25) is 4.79 Å². The Kier molecular flexibility index (Phi) is 5.24. The van der Waals surface area contributed by atoms with Crippen LogP contribution < -0.4 is 16.0 Å². The van der Waals surface area contributed by atoms with Crippen molar-refractivity contribution in [3.05, 3.63) is 59.7 Å². The average molecular weight is 319 g/mol. The molecule has 0 unspecified atom stereocenters. The molecule has 23 heavy (non-hydrogen) atoms. The van der Waals surface area contributed by atoms with Crippen LogP contribution in [0.3, 0.4) is 0 Å². The maximum absolute atomic E-state index is 13.4. The Balaban J connectivity index is 1.83. The topological polar surface area (TPSA) is 70.2 Å². The molecule has 5 nitrogen and oxygen atoms in total. The van der Waals surface area contributed by atoms with Gasteiger partial charge in [-0.05, 0) is 36.8 Å². The molecule has 3 N–H and O–H groups in total. The molecule has 0 heterocycles. The van der Waals surface area contributed by atoms with E-state index in [1.807, 2.05) is 13.0 Å². The summed E-state index contributed by atoms with van der Waals surface area (Å²) in [5.41, 5.74) is 1.42. The summed E-state index contributed by atoms with van der Waals surface area (Å²) in [6.07, 6.45) is 0. The number of anilines is 2. The van der Waals surface area contributed by atoms with Crippen LogP contribution in [-0.2, 0) is 4.79 Å². The van der Waals surface area contributed by atoms with Gasteiger partial charge in [0.15, 0.2) is 0 Å². The predicted molar refractivity (Wildman–Crippen MR) is 83.2 cm³/mol. The SMILES string of the molecule is Cc1cccc(NC(=O)CNC(=O)Nc2ccc(F)cc2F)c1. The Bertz CT molecular complexity index is 735. The summed E-state index contributed by atoms with van der Waals surface area (Å²) in [7, 11) is 0. The van der Waals surface area contributed by atoms with E-state index in [4.69, 9.17) is 0 Å². The molecule has 120 valence electrons. The molecule has 7 heteroatoms. The first-order valence-corrected chi connectivity index (χ1v) is 6.80. The number of rotatable bonds is 4. The summed E-state index contributed by atoms with van der Waals surface area (Å²) in [6.45, 7) is 1.60. The predicted octanol–water partition coefficient (Wildman–Crippen LogP) is 3.03.